The Morgan fingerprint density at radius 3 is 2.60 bits per heavy atom. The molecule has 0 atom stereocenters. The van der Waals surface area contributed by atoms with Gasteiger partial charge in [0.2, 0.25) is 0 Å². The Morgan fingerprint density at radius 2 is 1.87 bits per heavy atom. The molecular weight excluding hydrogens is 384 g/mol. The number of benzene rings is 2. The van der Waals surface area contributed by atoms with Crippen molar-refractivity contribution in [3.05, 3.63) is 114 Å². The summed E-state index contributed by atoms with van der Waals surface area (Å²) in [4.78, 5) is 16.5. The molecule has 0 bridgehead atoms. The van der Waals surface area contributed by atoms with Crippen molar-refractivity contribution in [2.45, 2.75) is 6.54 Å². The third kappa shape index (κ3) is 4.38. The van der Waals surface area contributed by atoms with Crippen LogP contribution in [0.3, 0.4) is 0 Å². The molecule has 30 heavy (non-hydrogen) atoms. The Morgan fingerprint density at radius 1 is 1.03 bits per heavy atom. The van der Waals surface area contributed by atoms with Gasteiger partial charge in [0, 0.05) is 35.8 Å². The fourth-order valence-corrected chi connectivity index (χ4v) is 3.08. The number of pyridine rings is 1. The second-order valence-corrected chi connectivity index (χ2v) is 6.68. The average Bonchev–Trinajstić information content (AvgIpc) is 3.16. The fourth-order valence-electron chi connectivity index (χ4n) is 3.08. The molecule has 0 radical (unpaired) electrons. The minimum Gasteiger partial charge on any atom is -0.289 e. The fraction of sp³-hybridized carbons (Fsp3) is 0.0417. The Balaban J connectivity index is 1.67. The SMILES string of the molecule is O=C(/C=C/c1cn(Cc2ccccc2)nc1-c1cccnc1)c1ccc(F)cc1F. The second kappa shape index (κ2) is 8.61. The summed E-state index contributed by atoms with van der Waals surface area (Å²) < 4.78 is 28.8. The van der Waals surface area contributed by atoms with Crippen molar-refractivity contribution >= 4 is 11.9 Å². The molecule has 0 N–H and O–H groups in total. The maximum Gasteiger partial charge on any atom is 0.188 e. The zero-order valence-corrected chi connectivity index (χ0v) is 15.9. The highest BCUT2D eigenvalue weighted by atomic mass is 19.1. The van der Waals surface area contributed by atoms with E-state index < -0.39 is 17.4 Å². The first-order chi connectivity index (χ1) is 14.6. The van der Waals surface area contributed by atoms with Crippen LogP contribution in [0.25, 0.3) is 17.3 Å². The number of allylic oxidation sites excluding steroid dienone is 1. The molecule has 0 amide bonds. The first kappa shape index (κ1) is 19.4. The zero-order chi connectivity index (χ0) is 20.9. The lowest BCUT2D eigenvalue weighted by molar-refractivity contribution is 0.104. The van der Waals surface area contributed by atoms with Gasteiger partial charge in [-0.3, -0.25) is 14.5 Å². The molecule has 2 heterocycles. The minimum absolute atomic E-state index is 0.188. The monoisotopic (exact) mass is 401 g/mol. The molecule has 6 heteroatoms. The smallest absolute Gasteiger partial charge is 0.188 e. The number of carbonyl (C=O) groups excluding carboxylic acids is 1. The summed E-state index contributed by atoms with van der Waals surface area (Å²) in [6.07, 6.45) is 8.02. The van der Waals surface area contributed by atoms with Crippen LogP contribution in [0.5, 0.6) is 0 Å². The number of hydrogen-bond acceptors (Lipinski definition) is 3. The lowest BCUT2D eigenvalue weighted by atomic mass is 10.1. The topological polar surface area (TPSA) is 47.8 Å². The normalized spacial score (nSPS) is 11.1. The predicted molar refractivity (Wildman–Crippen MR) is 111 cm³/mol. The van der Waals surface area contributed by atoms with Gasteiger partial charge in [-0.1, -0.05) is 30.3 Å². The standard InChI is InChI=1S/C24H17F2N3O/c25-20-9-10-21(22(26)13-20)23(30)11-8-19-16-29(15-17-5-2-1-3-6-17)28-24(19)18-7-4-12-27-14-18/h1-14,16H,15H2/b11-8+. The van der Waals surface area contributed by atoms with Crippen molar-refractivity contribution in [1.29, 1.82) is 0 Å². The summed E-state index contributed by atoms with van der Waals surface area (Å²) in [7, 11) is 0. The van der Waals surface area contributed by atoms with Gasteiger partial charge in [-0.25, -0.2) is 8.78 Å². The van der Waals surface area contributed by atoms with Crippen LogP contribution in [0.4, 0.5) is 8.78 Å². The quantitative estimate of drug-likeness (QED) is 0.331. The Kier molecular flexibility index (Phi) is 5.57. The molecule has 0 aliphatic heterocycles. The van der Waals surface area contributed by atoms with Crippen molar-refractivity contribution in [2.75, 3.05) is 0 Å². The minimum atomic E-state index is -0.892. The van der Waals surface area contributed by atoms with Crippen molar-refractivity contribution in [3.63, 3.8) is 0 Å². The van der Waals surface area contributed by atoms with E-state index in [-0.39, 0.29) is 5.56 Å². The van der Waals surface area contributed by atoms with E-state index in [0.717, 1.165) is 23.3 Å². The van der Waals surface area contributed by atoms with Crippen LogP contribution < -0.4 is 0 Å². The highest BCUT2D eigenvalue weighted by Crippen LogP contribution is 2.23. The molecule has 0 spiro atoms. The van der Waals surface area contributed by atoms with Gasteiger partial charge in [-0.15, -0.1) is 0 Å². The van der Waals surface area contributed by atoms with E-state index in [0.29, 0.717) is 23.9 Å². The van der Waals surface area contributed by atoms with E-state index in [1.807, 2.05) is 42.6 Å². The Bertz CT molecular complexity index is 1200. The molecule has 4 nitrogen and oxygen atoms in total. The van der Waals surface area contributed by atoms with Gasteiger partial charge in [-0.05, 0) is 42.0 Å². The van der Waals surface area contributed by atoms with E-state index in [2.05, 4.69) is 10.1 Å². The third-order valence-electron chi connectivity index (χ3n) is 4.52. The van der Waals surface area contributed by atoms with Gasteiger partial charge in [0.25, 0.3) is 0 Å². The average molecular weight is 401 g/mol. The number of hydrogen-bond donors (Lipinski definition) is 0. The summed E-state index contributed by atoms with van der Waals surface area (Å²) in [6, 6.07) is 16.4. The molecule has 0 saturated heterocycles. The molecule has 0 fully saturated rings. The third-order valence-corrected chi connectivity index (χ3v) is 4.52. The molecule has 4 rings (SSSR count). The molecular formula is C24H17F2N3O. The highest BCUT2D eigenvalue weighted by Gasteiger charge is 2.13. The summed E-state index contributed by atoms with van der Waals surface area (Å²) in [5.74, 6) is -2.17. The van der Waals surface area contributed by atoms with Gasteiger partial charge in [0.1, 0.15) is 17.3 Å². The van der Waals surface area contributed by atoms with Gasteiger partial charge in [0.15, 0.2) is 5.78 Å². The molecule has 0 aliphatic rings. The Labute approximate surface area is 172 Å². The van der Waals surface area contributed by atoms with E-state index in [4.69, 9.17) is 0 Å². The van der Waals surface area contributed by atoms with Gasteiger partial charge in [0.05, 0.1) is 12.1 Å². The summed E-state index contributed by atoms with van der Waals surface area (Å²) in [5.41, 5.74) is 3.03. The van der Waals surface area contributed by atoms with E-state index in [1.54, 1.807) is 29.2 Å². The number of aromatic nitrogens is 3. The van der Waals surface area contributed by atoms with E-state index in [1.165, 1.54) is 6.08 Å². The summed E-state index contributed by atoms with van der Waals surface area (Å²) in [5, 5.41) is 4.65. The van der Waals surface area contributed by atoms with Crippen LogP contribution in [0.1, 0.15) is 21.5 Å². The molecule has 0 unspecified atom stereocenters. The largest absolute Gasteiger partial charge is 0.289 e. The highest BCUT2D eigenvalue weighted by molar-refractivity contribution is 6.07. The van der Waals surface area contributed by atoms with Crippen LogP contribution >= 0.6 is 0 Å². The molecule has 0 aliphatic carbocycles. The lowest BCUT2D eigenvalue weighted by Gasteiger charge is -2.01. The second-order valence-electron chi connectivity index (χ2n) is 6.68. The first-order valence-electron chi connectivity index (χ1n) is 9.29. The molecule has 2 aromatic carbocycles. The van der Waals surface area contributed by atoms with Gasteiger partial charge >= 0.3 is 0 Å². The molecule has 0 saturated carbocycles. The van der Waals surface area contributed by atoms with E-state index >= 15 is 0 Å². The Hall–Kier alpha value is -3.93. The van der Waals surface area contributed by atoms with Crippen LogP contribution in [0.2, 0.25) is 0 Å². The number of rotatable bonds is 6. The maximum atomic E-state index is 13.9. The van der Waals surface area contributed by atoms with Crippen molar-refractivity contribution in [2.24, 2.45) is 0 Å². The number of halogens is 2. The maximum absolute atomic E-state index is 13.9. The summed E-state index contributed by atoms with van der Waals surface area (Å²) in [6.45, 7) is 0.558. The van der Waals surface area contributed by atoms with Gasteiger partial charge < -0.3 is 0 Å². The van der Waals surface area contributed by atoms with Crippen molar-refractivity contribution < 1.29 is 13.6 Å². The van der Waals surface area contributed by atoms with Crippen molar-refractivity contribution in [1.82, 2.24) is 14.8 Å². The number of ketones is 1. The zero-order valence-electron chi connectivity index (χ0n) is 15.9. The van der Waals surface area contributed by atoms with Crippen LogP contribution in [0.15, 0.2) is 85.3 Å². The van der Waals surface area contributed by atoms with Gasteiger partial charge in [-0.2, -0.15) is 5.10 Å². The predicted octanol–water partition coefficient (Wildman–Crippen LogP) is 5.17. The van der Waals surface area contributed by atoms with Crippen LogP contribution in [-0.2, 0) is 6.54 Å². The molecule has 148 valence electrons. The number of nitrogens with zero attached hydrogens (tertiary/aromatic N) is 3. The van der Waals surface area contributed by atoms with Crippen LogP contribution in [0, 0.1) is 11.6 Å². The molecule has 2 aromatic heterocycles. The van der Waals surface area contributed by atoms with Crippen LogP contribution in [-0.4, -0.2) is 20.5 Å². The lowest BCUT2D eigenvalue weighted by Crippen LogP contribution is -2.00. The van der Waals surface area contributed by atoms with Crippen molar-refractivity contribution in [3.8, 4) is 11.3 Å². The molecule has 4 aromatic rings. The summed E-state index contributed by atoms with van der Waals surface area (Å²) >= 11 is 0. The van der Waals surface area contributed by atoms with E-state index in [9.17, 15) is 13.6 Å². The number of carbonyl (C=O) groups is 1. The first-order valence-corrected chi connectivity index (χ1v) is 9.29.